The molecule has 8 heteroatoms. The van der Waals surface area contributed by atoms with Crippen LogP contribution < -0.4 is 10.2 Å². The van der Waals surface area contributed by atoms with Gasteiger partial charge in [-0.25, -0.2) is 9.78 Å². The van der Waals surface area contributed by atoms with Gasteiger partial charge in [0, 0.05) is 44.6 Å². The zero-order valence-corrected chi connectivity index (χ0v) is 18.2. The number of rotatable bonds is 7. The lowest BCUT2D eigenvalue weighted by atomic mass is 10.0. The molecule has 0 atom stereocenters. The van der Waals surface area contributed by atoms with Crippen molar-refractivity contribution in [1.82, 2.24) is 20.2 Å². The van der Waals surface area contributed by atoms with Gasteiger partial charge in [0.15, 0.2) is 0 Å². The van der Waals surface area contributed by atoms with Crippen molar-refractivity contribution in [1.29, 1.82) is 0 Å². The topological polar surface area (TPSA) is 90.6 Å². The quantitative estimate of drug-likeness (QED) is 0.676. The van der Waals surface area contributed by atoms with E-state index in [9.17, 15) is 9.59 Å². The van der Waals surface area contributed by atoms with Crippen molar-refractivity contribution < 1.29 is 14.3 Å². The van der Waals surface area contributed by atoms with Gasteiger partial charge >= 0.3 is 5.97 Å². The van der Waals surface area contributed by atoms with Crippen molar-refractivity contribution >= 4 is 17.7 Å². The molecule has 2 N–H and O–H groups in total. The lowest BCUT2D eigenvalue weighted by Gasteiger charge is -2.33. The van der Waals surface area contributed by atoms with E-state index in [2.05, 4.69) is 32.1 Å². The highest BCUT2D eigenvalue weighted by Crippen LogP contribution is 2.22. The molecule has 8 nitrogen and oxygen atoms in total. The second kappa shape index (κ2) is 9.75. The van der Waals surface area contributed by atoms with Crippen LogP contribution in [-0.4, -0.2) is 67.1 Å². The summed E-state index contributed by atoms with van der Waals surface area (Å²) in [5.74, 6) is 0.289. The molecule has 1 saturated heterocycles. The van der Waals surface area contributed by atoms with E-state index in [1.165, 1.54) is 7.11 Å². The Kier molecular flexibility index (Phi) is 7.10. The van der Waals surface area contributed by atoms with E-state index in [-0.39, 0.29) is 5.91 Å². The predicted octanol–water partition coefficient (Wildman–Crippen LogP) is 2.14. The molecule has 2 aromatic heterocycles. The van der Waals surface area contributed by atoms with Gasteiger partial charge in [-0.05, 0) is 43.7 Å². The molecule has 0 aliphatic carbocycles. The van der Waals surface area contributed by atoms with Crippen LogP contribution in [0.3, 0.4) is 0 Å². The number of carbonyl (C=O) groups is 2. The zero-order valence-electron chi connectivity index (χ0n) is 18.2. The summed E-state index contributed by atoms with van der Waals surface area (Å²) in [4.78, 5) is 37.2. The Morgan fingerprint density at radius 1 is 1.27 bits per heavy atom. The van der Waals surface area contributed by atoms with Crippen LogP contribution >= 0.6 is 0 Å². The highest BCUT2D eigenvalue weighted by molar-refractivity contribution is 6.00. The van der Waals surface area contributed by atoms with E-state index in [1.807, 2.05) is 19.1 Å². The van der Waals surface area contributed by atoms with Crippen molar-refractivity contribution in [2.45, 2.75) is 33.2 Å². The number of piperazine rings is 1. The number of anilines is 1. The summed E-state index contributed by atoms with van der Waals surface area (Å²) in [6.45, 7) is 8.10. The second-order valence-corrected chi connectivity index (χ2v) is 7.72. The predicted molar refractivity (Wildman–Crippen MR) is 116 cm³/mol. The molecule has 1 amide bonds. The summed E-state index contributed by atoms with van der Waals surface area (Å²) in [5.41, 5.74) is 3.25. The first-order valence-electron chi connectivity index (χ1n) is 10.4. The Morgan fingerprint density at radius 2 is 2.00 bits per heavy atom. The molecule has 0 bridgehead atoms. The average Bonchev–Trinajstić information content (AvgIpc) is 3.08. The molecule has 162 valence electrons. The minimum absolute atomic E-state index is 0.227. The van der Waals surface area contributed by atoms with E-state index in [0.717, 1.165) is 44.0 Å². The van der Waals surface area contributed by atoms with E-state index in [0.29, 0.717) is 35.5 Å². The number of amides is 1. The number of H-pyrrole nitrogens is 1. The molecular weight excluding hydrogens is 382 g/mol. The molecule has 1 fully saturated rings. The molecule has 3 rings (SSSR count). The van der Waals surface area contributed by atoms with E-state index in [4.69, 9.17) is 4.74 Å². The number of ether oxygens (including phenoxy) is 1. The van der Waals surface area contributed by atoms with Crippen LogP contribution in [0.4, 0.5) is 5.82 Å². The summed E-state index contributed by atoms with van der Waals surface area (Å²) in [6.07, 6.45) is 3.23. The van der Waals surface area contributed by atoms with E-state index in [1.54, 1.807) is 13.1 Å². The number of nitrogens with one attached hydrogen (secondary N) is 2. The van der Waals surface area contributed by atoms with Gasteiger partial charge in [0.1, 0.15) is 11.5 Å². The maximum absolute atomic E-state index is 12.9. The molecule has 0 unspecified atom stereocenters. The SMILES string of the molecule is CCCc1c(C(=O)NCc2ccnc(N3CCN(C)CC3)c2)[nH]c(C)c1C(=O)OC. The monoisotopic (exact) mass is 413 g/mol. The molecule has 0 saturated carbocycles. The summed E-state index contributed by atoms with van der Waals surface area (Å²) < 4.78 is 4.90. The van der Waals surface area contributed by atoms with Gasteiger partial charge < -0.3 is 24.8 Å². The Morgan fingerprint density at radius 3 is 2.67 bits per heavy atom. The molecule has 1 aliphatic rings. The van der Waals surface area contributed by atoms with Crippen molar-refractivity contribution in [3.8, 4) is 0 Å². The Labute approximate surface area is 177 Å². The Bertz CT molecular complexity index is 900. The molecule has 2 aromatic rings. The van der Waals surface area contributed by atoms with Crippen LogP contribution in [-0.2, 0) is 17.7 Å². The summed E-state index contributed by atoms with van der Waals surface area (Å²) in [6, 6.07) is 3.94. The van der Waals surface area contributed by atoms with Gasteiger partial charge in [0.05, 0.1) is 12.7 Å². The minimum Gasteiger partial charge on any atom is -0.465 e. The van der Waals surface area contributed by atoms with E-state index < -0.39 is 5.97 Å². The van der Waals surface area contributed by atoms with E-state index >= 15 is 0 Å². The third-order valence-corrected chi connectivity index (χ3v) is 5.50. The molecule has 0 aromatic carbocycles. The number of pyridine rings is 1. The van der Waals surface area contributed by atoms with Gasteiger partial charge in [-0.2, -0.15) is 0 Å². The van der Waals surface area contributed by atoms with Gasteiger partial charge in [-0.15, -0.1) is 0 Å². The number of aromatic nitrogens is 2. The fraction of sp³-hybridized carbons (Fsp3) is 0.500. The fourth-order valence-electron chi connectivity index (χ4n) is 3.80. The van der Waals surface area contributed by atoms with Gasteiger partial charge in [0.25, 0.3) is 5.91 Å². The van der Waals surface area contributed by atoms with Gasteiger partial charge in [0.2, 0.25) is 0 Å². The van der Waals surface area contributed by atoms with Gasteiger partial charge in [-0.3, -0.25) is 4.79 Å². The summed E-state index contributed by atoms with van der Waals surface area (Å²) in [5, 5.41) is 2.97. The smallest absolute Gasteiger partial charge is 0.339 e. The van der Waals surface area contributed by atoms with Crippen molar-refractivity contribution in [3.05, 3.63) is 46.4 Å². The Balaban J connectivity index is 1.72. The van der Waals surface area contributed by atoms with Crippen LogP contribution in [0.5, 0.6) is 0 Å². The number of likely N-dealkylation sites (N-methyl/N-ethyl adjacent to an activating group) is 1. The first-order valence-corrected chi connectivity index (χ1v) is 10.4. The highest BCUT2D eigenvalue weighted by atomic mass is 16.5. The normalized spacial score (nSPS) is 14.6. The molecule has 1 aliphatic heterocycles. The van der Waals surface area contributed by atoms with Crippen molar-refractivity contribution in [2.24, 2.45) is 0 Å². The Hall–Kier alpha value is -2.87. The average molecular weight is 414 g/mol. The maximum Gasteiger partial charge on any atom is 0.339 e. The van der Waals surface area contributed by atoms with Gasteiger partial charge in [-0.1, -0.05) is 13.3 Å². The molecule has 30 heavy (non-hydrogen) atoms. The lowest BCUT2D eigenvalue weighted by Crippen LogP contribution is -2.44. The summed E-state index contributed by atoms with van der Waals surface area (Å²) >= 11 is 0. The number of aromatic amines is 1. The fourth-order valence-corrected chi connectivity index (χ4v) is 3.80. The number of methoxy groups -OCH3 is 1. The first kappa shape index (κ1) is 21.8. The maximum atomic E-state index is 12.9. The van der Waals surface area contributed by atoms with Crippen molar-refractivity contribution in [2.75, 3.05) is 45.2 Å². The summed E-state index contributed by atoms with van der Waals surface area (Å²) in [7, 11) is 3.48. The number of hydrogen-bond acceptors (Lipinski definition) is 6. The molecule has 0 spiro atoms. The molecule has 3 heterocycles. The molecular formula is C22H31N5O3. The first-order chi connectivity index (χ1) is 14.4. The zero-order chi connectivity index (χ0) is 21.7. The highest BCUT2D eigenvalue weighted by Gasteiger charge is 2.24. The number of esters is 1. The number of aryl methyl sites for hydroxylation is 1. The standard InChI is InChI=1S/C22H31N5O3/c1-5-6-17-19(22(29)30-4)15(2)25-20(17)21(28)24-14-16-7-8-23-18(13-16)27-11-9-26(3)10-12-27/h7-8,13,25H,5-6,9-12,14H2,1-4H3,(H,24,28). The minimum atomic E-state index is -0.419. The number of nitrogens with zero attached hydrogens (tertiary/aromatic N) is 3. The van der Waals surface area contributed by atoms with Crippen LogP contribution in [0.25, 0.3) is 0 Å². The third kappa shape index (κ3) is 4.81. The largest absolute Gasteiger partial charge is 0.465 e. The van der Waals surface area contributed by atoms with Crippen LogP contribution in [0, 0.1) is 6.92 Å². The second-order valence-electron chi connectivity index (χ2n) is 7.72. The number of hydrogen-bond donors (Lipinski definition) is 2. The number of carbonyl (C=O) groups excluding carboxylic acids is 2. The van der Waals surface area contributed by atoms with Crippen LogP contribution in [0.2, 0.25) is 0 Å². The molecule has 0 radical (unpaired) electrons. The van der Waals surface area contributed by atoms with Crippen LogP contribution in [0.1, 0.15) is 51.0 Å². The lowest BCUT2D eigenvalue weighted by molar-refractivity contribution is 0.0599. The third-order valence-electron chi connectivity index (χ3n) is 5.50. The van der Waals surface area contributed by atoms with Crippen LogP contribution in [0.15, 0.2) is 18.3 Å². The van der Waals surface area contributed by atoms with Crippen molar-refractivity contribution in [3.63, 3.8) is 0 Å².